The van der Waals surface area contributed by atoms with E-state index in [9.17, 15) is 38.1 Å². The number of carboxylic acid groups (broad SMARTS) is 1. The Balaban J connectivity index is 1.81. The van der Waals surface area contributed by atoms with Gasteiger partial charge in [0, 0.05) is 0 Å². The monoisotopic (exact) mass is 472 g/mol. The summed E-state index contributed by atoms with van der Waals surface area (Å²) in [6.45, 7) is 1.54. The molecule has 0 aliphatic carbocycles. The van der Waals surface area contributed by atoms with Crippen LogP contribution in [0.15, 0.2) is 42.5 Å². The van der Waals surface area contributed by atoms with Gasteiger partial charge in [-0.3, -0.25) is 0 Å². The van der Waals surface area contributed by atoms with Crippen molar-refractivity contribution in [1.82, 2.24) is 0 Å². The maximum atomic E-state index is 12.7. The Kier molecular flexibility index (Phi) is 6.93. The number of ether oxygens (including phenoxy) is 3. The van der Waals surface area contributed by atoms with Gasteiger partial charge in [-0.1, -0.05) is 24.3 Å². The summed E-state index contributed by atoms with van der Waals surface area (Å²) in [5.41, 5.74) is 1.31. The zero-order chi connectivity index (χ0) is 24.5. The van der Waals surface area contributed by atoms with E-state index in [2.05, 4.69) is 4.74 Å². The molecule has 4 N–H and O–H groups in total. The number of carboxylic acids is 1. The van der Waals surface area contributed by atoms with Gasteiger partial charge in [0.1, 0.15) is 24.1 Å². The second-order valence-electron chi connectivity index (χ2n) is 7.19. The van der Waals surface area contributed by atoms with Gasteiger partial charge >= 0.3 is 18.3 Å². The zero-order valence-corrected chi connectivity index (χ0v) is 16.9. The molecule has 0 aromatic heterocycles. The van der Waals surface area contributed by atoms with Gasteiger partial charge in [0.15, 0.2) is 6.10 Å². The Morgan fingerprint density at radius 3 is 2.18 bits per heavy atom. The van der Waals surface area contributed by atoms with Gasteiger partial charge < -0.3 is 34.6 Å². The van der Waals surface area contributed by atoms with E-state index < -0.39 is 54.8 Å². The number of halogens is 3. The number of carbonyl (C=O) groups excluding carboxylic acids is 1. The lowest BCUT2D eigenvalue weighted by molar-refractivity contribution is -0.278. The van der Waals surface area contributed by atoms with Crippen molar-refractivity contribution in [2.75, 3.05) is 0 Å². The third kappa shape index (κ3) is 5.42. The van der Waals surface area contributed by atoms with Crippen LogP contribution in [0.5, 0.6) is 5.75 Å². The highest BCUT2D eigenvalue weighted by atomic mass is 19.4. The number of rotatable bonds is 5. The molecule has 5 atom stereocenters. The van der Waals surface area contributed by atoms with Crippen molar-refractivity contribution in [2.45, 2.75) is 44.0 Å². The molecule has 12 heteroatoms. The van der Waals surface area contributed by atoms with Gasteiger partial charge in [0.2, 0.25) is 6.29 Å². The lowest BCUT2D eigenvalue weighted by Crippen LogP contribution is -2.60. The summed E-state index contributed by atoms with van der Waals surface area (Å²) >= 11 is 0. The van der Waals surface area contributed by atoms with Crippen LogP contribution in [0.1, 0.15) is 15.9 Å². The van der Waals surface area contributed by atoms with Gasteiger partial charge in [0.05, 0.1) is 5.56 Å². The Bertz CT molecular complexity index is 1020. The molecule has 178 valence electrons. The summed E-state index contributed by atoms with van der Waals surface area (Å²) in [6, 6.07) is 9.41. The van der Waals surface area contributed by atoms with E-state index in [0.29, 0.717) is 16.7 Å². The molecule has 0 bridgehead atoms. The predicted molar refractivity (Wildman–Crippen MR) is 103 cm³/mol. The average Bonchev–Trinajstić information content (AvgIpc) is 2.73. The molecule has 2 unspecified atom stereocenters. The van der Waals surface area contributed by atoms with E-state index in [1.807, 2.05) is 0 Å². The average molecular weight is 472 g/mol. The lowest BCUT2D eigenvalue weighted by atomic mass is 9.96. The Morgan fingerprint density at radius 2 is 1.61 bits per heavy atom. The van der Waals surface area contributed by atoms with E-state index in [1.54, 1.807) is 13.0 Å². The highest BCUT2D eigenvalue weighted by Crippen LogP contribution is 2.30. The quantitative estimate of drug-likeness (QED) is 0.477. The van der Waals surface area contributed by atoms with Gasteiger partial charge in [-0.2, -0.15) is 0 Å². The number of benzene rings is 2. The molecule has 0 amide bonds. The molecular formula is C21H19F3O9. The molecule has 9 nitrogen and oxygen atoms in total. The highest BCUT2D eigenvalue weighted by molar-refractivity contribution is 5.93. The van der Waals surface area contributed by atoms with Crippen molar-refractivity contribution in [3.05, 3.63) is 53.6 Å². The number of esters is 1. The third-order valence-electron chi connectivity index (χ3n) is 4.99. The topological polar surface area (TPSA) is 143 Å². The van der Waals surface area contributed by atoms with Crippen LogP contribution in [-0.2, 0) is 14.3 Å². The first-order valence-electron chi connectivity index (χ1n) is 9.48. The van der Waals surface area contributed by atoms with Crippen LogP contribution in [0.2, 0.25) is 0 Å². The number of aliphatic hydroxyl groups excluding tert-OH is 3. The highest BCUT2D eigenvalue weighted by Gasteiger charge is 2.48. The molecule has 1 aliphatic rings. The molecule has 2 aromatic carbocycles. The minimum absolute atomic E-state index is 0.00796. The molecular weight excluding hydrogens is 453 g/mol. The second-order valence-corrected chi connectivity index (χ2v) is 7.19. The molecule has 1 fully saturated rings. The number of hydrogen-bond acceptors (Lipinski definition) is 8. The molecule has 0 saturated carbocycles. The van der Waals surface area contributed by atoms with E-state index in [0.717, 1.165) is 12.1 Å². The molecule has 2 aromatic rings. The molecule has 33 heavy (non-hydrogen) atoms. The molecule has 3 rings (SSSR count). The summed E-state index contributed by atoms with van der Waals surface area (Å²) in [6.07, 6.45) is -14.4. The maximum absolute atomic E-state index is 12.7. The summed E-state index contributed by atoms with van der Waals surface area (Å²) in [4.78, 5) is 23.9. The normalized spacial score (nSPS) is 25.4. The van der Waals surface area contributed by atoms with Crippen LogP contribution in [0, 0.1) is 6.92 Å². The molecule has 1 heterocycles. The number of alkyl halides is 3. The first-order chi connectivity index (χ1) is 15.4. The van der Waals surface area contributed by atoms with Crippen LogP contribution >= 0.6 is 0 Å². The van der Waals surface area contributed by atoms with Crippen molar-refractivity contribution >= 4 is 11.9 Å². The Hall–Kier alpha value is -3.19. The fourth-order valence-electron chi connectivity index (χ4n) is 3.32. The molecule has 0 radical (unpaired) electrons. The van der Waals surface area contributed by atoms with Crippen LogP contribution in [-0.4, -0.2) is 69.4 Å². The minimum atomic E-state index is -4.84. The smallest absolute Gasteiger partial charge is 0.479 e. The second kappa shape index (κ2) is 9.35. The lowest BCUT2D eigenvalue weighted by Gasteiger charge is -2.38. The number of carbonyl (C=O) groups is 2. The first-order valence-corrected chi connectivity index (χ1v) is 9.48. The summed E-state index contributed by atoms with van der Waals surface area (Å²) in [5, 5.41) is 38.6. The van der Waals surface area contributed by atoms with Gasteiger partial charge in [-0.05, 0) is 41.8 Å². The van der Waals surface area contributed by atoms with Crippen LogP contribution in [0.3, 0.4) is 0 Å². The SMILES string of the molecule is Cc1c(C(=O)OC2O[C@H](C(=O)O)[C@@H](O)[C@H](O)C2O)cccc1-c1ccc(OC(F)(F)F)cc1. The molecule has 1 saturated heterocycles. The molecule has 0 spiro atoms. The number of aliphatic hydroxyl groups is 3. The maximum Gasteiger partial charge on any atom is 0.573 e. The predicted octanol–water partition coefficient (Wildman–Crippen LogP) is 1.61. The van der Waals surface area contributed by atoms with Crippen LogP contribution in [0.25, 0.3) is 11.1 Å². The van der Waals surface area contributed by atoms with Crippen molar-refractivity contribution < 1.29 is 57.4 Å². The van der Waals surface area contributed by atoms with E-state index in [-0.39, 0.29) is 5.56 Å². The minimum Gasteiger partial charge on any atom is -0.479 e. The first kappa shape index (κ1) is 24.5. The summed E-state index contributed by atoms with van der Waals surface area (Å²) < 4.78 is 50.8. The van der Waals surface area contributed by atoms with Crippen molar-refractivity contribution in [3.8, 4) is 16.9 Å². The Labute approximate surface area is 184 Å². The number of aliphatic carboxylic acids is 1. The van der Waals surface area contributed by atoms with Crippen LogP contribution in [0.4, 0.5) is 13.2 Å². The fourth-order valence-corrected chi connectivity index (χ4v) is 3.32. The van der Waals surface area contributed by atoms with Gasteiger partial charge in [-0.15, -0.1) is 13.2 Å². The van der Waals surface area contributed by atoms with Crippen molar-refractivity contribution in [3.63, 3.8) is 0 Å². The summed E-state index contributed by atoms with van der Waals surface area (Å²) in [7, 11) is 0. The Morgan fingerprint density at radius 1 is 0.970 bits per heavy atom. The number of hydrogen-bond donors (Lipinski definition) is 4. The van der Waals surface area contributed by atoms with E-state index >= 15 is 0 Å². The van der Waals surface area contributed by atoms with Crippen molar-refractivity contribution in [2.24, 2.45) is 0 Å². The van der Waals surface area contributed by atoms with E-state index in [1.165, 1.54) is 24.3 Å². The van der Waals surface area contributed by atoms with Gasteiger partial charge in [0.25, 0.3) is 0 Å². The zero-order valence-electron chi connectivity index (χ0n) is 16.9. The largest absolute Gasteiger partial charge is 0.573 e. The third-order valence-corrected chi connectivity index (χ3v) is 4.99. The van der Waals surface area contributed by atoms with Crippen molar-refractivity contribution in [1.29, 1.82) is 0 Å². The van der Waals surface area contributed by atoms with Gasteiger partial charge in [-0.25, -0.2) is 9.59 Å². The fraction of sp³-hybridized carbons (Fsp3) is 0.333. The van der Waals surface area contributed by atoms with Crippen LogP contribution < -0.4 is 4.74 Å². The van der Waals surface area contributed by atoms with E-state index in [4.69, 9.17) is 14.6 Å². The standard InChI is InChI=1S/C21H19F3O9/c1-9-12(10-5-7-11(8-6-10)33-21(22,23)24)3-2-4-13(9)19(30)32-20-16(27)14(25)15(26)17(31-20)18(28)29/h2-8,14-17,20,25-27H,1H3,(H,28,29)/t14-,15-,16?,17-,20?/m0/s1. The molecule has 1 aliphatic heterocycles. The summed E-state index contributed by atoms with van der Waals surface area (Å²) in [5.74, 6) is -3.08.